The molecule has 24 heavy (non-hydrogen) atoms. The van der Waals surface area contributed by atoms with Gasteiger partial charge in [0.2, 0.25) is 0 Å². The maximum absolute atomic E-state index is 13.3. The van der Waals surface area contributed by atoms with Crippen molar-refractivity contribution in [2.45, 2.75) is 13.0 Å². The van der Waals surface area contributed by atoms with Crippen LogP contribution in [0.5, 0.6) is 5.75 Å². The van der Waals surface area contributed by atoms with Crippen molar-refractivity contribution >= 4 is 18.1 Å². The third-order valence-corrected chi connectivity index (χ3v) is 3.13. The minimum atomic E-state index is -0.395. The van der Waals surface area contributed by atoms with Gasteiger partial charge in [-0.25, -0.2) is 9.37 Å². The second-order valence-corrected chi connectivity index (χ2v) is 4.79. The van der Waals surface area contributed by atoms with Gasteiger partial charge in [-0.05, 0) is 25.1 Å². The van der Waals surface area contributed by atoms with Gasteiger partial charge in [0.15, 0.2) is 0 Å². The standard InChI is InChI=1S/C15H15FN6O2/c1-10(24-12-5-3-4-11(16)8-12)13-6-7-17-15-20-14(21-22(13)15)18-9-19-23-2/h3-10H,1-2H3,(H,18,19,21)/t10-/m0/s1. The molecule has 2 heterocycles. The molecule has 3 aromatic rings. The summed E-state index contributed by atoms with van der Waals surface area (Å²) in [6.45, 7) is 1.83. The molecule has 0 saturated carbocycles. The molecule has 0 fully saturated rings. The van der Waals surface area contributed by atoms with Gasteiger partial charge in [-0.15, -0.1) is 5.10 Å². The number of halogens is 1. The lowest BCUT2D eigenvalue weighted by Crippen LogP contribution is -2.10. The van der Waals surface area contributed by atoms with Gasteiger partial charge in [0.25, 0.3) is 11.7 Å². The predicted molar refractivity (Wildman–Crippen MR) is 84.5 cm³/mol. The number of ether oxygens (including phenoxy) is 1. The summed E-state index contributed by atoms with van der Waals surface area (Å²) in [5.74, 6) is 0.668. The predicted octanol–water partition coefficient (Wildman–Crippen LogP) is 2.21. The van der Waals surface area contributed by atoms with Crippen molar-refractivity contribution in [1.82, 2.24) is 25.1 Å². The van der Waals surface area contributed by atoms with Crippen molar-refractivity contribution in [2.24, 2.45) is 4.99 Å². The van der Waals surface area contributed by atoms with Crippen LogP contribution in [0.15, 0.2) is 41.5 Å². The van der Waals surface area contributed by atoms with Crippen LogP contribution < -0.4 is 10.2 Å². The molecule has 9 heteroatoms. The Bertz CT molecular complexity index is 866. The molecule has 0 amide bonds. The lowest BCUT2D eigenvalue weighted by atomic mass is 10.2. The second kappa shape index (κ2) is 7.01. The maximum atomic E-state index is 13.3. The van der Waals surface area contributed by atoms with E-state index < -0.39 is 6.10 Å². The summed E-state index contributed by atoms with van der Waals surface area (Å²) in [6.07, 6.45) is 2.53. The van der Waals surface area contributed by atoms with Gasteiger partial charge in [0.05, 0.1) is 12.8 Å². The Balaban J connectivity index is 1.88. The van der Waals surface area contributed by atoms with Gasteiger partial charge in [0, 0.05) is 12.3 Å². The third-order valence-electron chi connectivity index (χ3n) is 3.13. The number of rotatable bonds is 6. The summed E-state index contributed by atoms with van der Waals surface area (Å²) in [4.78, 5) is 17.0. The molecule has 0 aliphatic rings. The summed E-state index contributed by atoms with van der Waals surface area (Å²) >= 11 is 0. The van der Waals surface area contributed by atoms with Crippen LogP contribution in [0.4, 0.5) is 10.3 Å². The summed E-state index contributed by atoms with van der Waals surface area (Å²) in [6, 6.07) is 7.71. The molecule has 1 N–H and O–H groups in total. The molecule has 8 nitrogen and oxygen atoms in total. The maximum Gasteiger partial charge on any atom is 0.272 e. The Morgan fingerprint density at radius 3 is 3.04 bits per heavy atom. The zero-order valence-corrected chi connectivity index (χ0v) is 13.0. The number of aliphatic imine (C=N–C) groups is 1. The number of hydrogen-bond acceptors (Lipinski definition) is 6. The smallest absolute Gasteiger partial charge is 0.272 e. The lowest BCUT2D eigenvalue weighted by molar-refractivity contribution is 0.148. The minimum absolute atomic E-state index is 0.220. The van der Waals surface area contributed by atoms with E-state index in [2.05, 4.69) is 30.4 Å². The lowest BCUT2D eigenvalue weighted by Gasteiger charge is -2.15. The Morgan fingerprint density at radius 2 is 2.25 bits per heavy atom. The summed E-state index contributed by atoms with van der Waals surface area (Å²) < 4.78 is 20.6. The average Bonchev–Trinajstić information content (AvgIpc) is 2.97. The second-order valence-electron chi connectivity index (χ2n) is 4.79. The van der Waals surface area contributed by atoms with E-state index in [0.717, 1.165) is 0 Å². The quantitative estimate of drug-likeness (QED) is 0.424. The van der Waals surface area contributed by atoms with Crippen molar-refractivity contribution in [3.8, 4) is 5.75 Å². The van der Waals surface area contributed by atoms with Crippen LogP contribution in [0, 0.1) is 5.82 Å². The Kier molecular flexibility index (Phi) is 4.62. The molecular formula is C15H15FN6O2. The van der Waals surface area contributed by atoms with Crippen molar-refractivity contribution < 1.29 is 14.0 Å². The van der Waals surface area contributed by atoms with Crippen molar-refractivity contribution in [2.75, 3.05) is 7.11 Å². The van der Waals surface area contributed by atoms with E-state index in [-0.39, 0.29) is 11.8 Å². The van der Waals surface area contributed by atoms with E-state index in [4.69, 9.17) is 4.74 Å². The van der Waals surface area contributed by atoms with E-state index in [0.29, 0.717) is 17.2 Å². The number of nitrogens with zero attached hydrogens (tertiary/aromatic N) is 5. The zero-order valence-electron chi connectivity index (χ0n) is 13.0. The first kappa shape index (κ1) is 15.8. The van der Waals surface area contributed by atoms with Crippen LogP contribution in [0.25, 0.3) is 5.78 Å². The summed E-state index contributed by atoms with van der Waals surface area (Å²) in [7, 11) is 1.47. The van der Waals surface area contributed by atoms with Crippen molar-refractivity contribution in [3.63, 3.8) is 0 Å². The van der Waals surface area contributed by atoms with Gasteiger partial charge >= 0.3 is 0 Å². The van der Waals surface area contributed by atoms with Crippen LogP contribution in [-0.2, 0) is 4.84 Å². The first-order valence-electron chi connectivity index (χ1n) is 7.12. The largest absolute Gasteiger partial charge is 0.484 e. The molecule has 2 aromatic heterocycles. The molecule has 0 aliphatic carbocycles. The monoisotopic (exact) mass is 330 g/mol. The van der Waals surface area contributed by atoms with Crippen molar-refractivity contribution in [1.29, 1.82) is 0 Å². The SMILES string of the molecule is CONC=Nc1nc2nccc([C@H](C)Oc3cccc(F)c3)n2n1. The molecule has 0 spiro atoms. The Morgan fingerprint density at radius 1 is 1.38 bits per heavy atom. The summed E-state index contributed by atoms with van der Waals surface area (Å²) in [5, 5.41) is 4.26. The van der Waals surface area contributed by atoms with E-state index in [1.807, 2.05) is 6.92 Å². The van der Waals surface area contributed by atoms with Gasteiger partial charge < -0.3 is 4.74 Å². The van der Waals surface area contributed by atoms with Crippen LogP contribution in [0.1, 0.15) is 18.7 Å². The molecule has 1 aromatic carbocycles. The molecular weight excluding hydrogens is 315 g/mol. The zero-order chi connectivity index (χ0) is 16.9. The average molecular weight is 330 g/mol. The summed E-state index contributed by atoms with van der Waals surface area (Å²) in [5.41, 5.74) is 3.16. The molecule has 0 saturated heterocycles. The van der Waals surface area contributed by atoms with Crippen LogP contribution >= 0.6 is 0 Å². The Hall–Kier alpha value is -3.07. The van der Waals surface area contributed by atoms with E-state index in [1.54, 1.807) is 24.4 Å². The van der Waals surface area contributed by atoms with Gasteiger partial charge in [-0.1, -0.05) is 6.07 Å². The fraction of sp³-hybridized carbons (Fsp3) is 0.200. The third kappa shape index (κ3) is 3.46. The number of aromatic nitrogens is 4. The highest BCUT2D eigenvalue weighted by Crippen LogP contribution is 2.22. The highest BCUT2D eigenvalue weighted by molar-refractivity contribution is 5.57. The van der Waals surface area contributed by atoms with Gasteiger partial charge in [-0.2, -0.15) is 14.5 Å². The first-order chi connectivity index (χ1) is 11.7. The van der Waals surface area contributed by atoms with E-state index in [9.17, 15) is 4.39 Å². The molecule has 0 radical (unpaired) electrons. The fourth-order valence-electron chi connectivity index (χ4n) is 2.10. The topological polar surface area (TPSA) is 85.9 Å². The molecule has 124 valence electrons. The first-order valence-corrected chi connectivity index (χ1v) is 7.12. The number of hydroxylamine groups is 1. The molecule has 1 atom stereocenters. The van der Waals surface area contributed by atoms with E-state index in [1.165, 1.54) is 30.1 Å². The normalized spacial score (nSPS) is 12.6. The van der Waals surface area contributed by atoms with Crippen molar-refractivity contribution in [3.05, 3.63) is 48.0 Å². The molecule has 3 rings (SSSR count). The number of fused-ring (bicyclic) bond motifs is 1. The highest BCUT2D eigenvalue weighted by Gasteiger charge is 2.15. The molecule has 0 aliphatic heterocycles. The molecule has 0 unspecified atom stereocenters. The van der Waals surface area contributed by atoms with Crippen LogP contribution in [0.2, 0.25) is 0 Å². The van der Waals surface area contributed by atoms with Crippen LogP contribution in [0.3, 0.4) is 0 Å². The minimum Gasteiger partial charge on any atom is -0.484 e. The van der Waals surface area contributed by atoms with E-state index >= 15 is 0 Å². The highest BCUT2D eigenvalue weighted by atomic mass is 19.1. The fourth-order valence-corrected chi connectivity index (χ4v) is 2.10. The number of nitrogens with one attached hydrogen (secondary N) is 1. The molecule has 0 bridgehead atoms. The number of hydrogen-bond donors (Lipinski definition) is 1. The van der Waals surface area contributed by atoms with Gasteiger partial charge in [0.1, 0.15) is 24.0 Å². The number of benzene rings is 1. The Labute approximate surface area is 136 Å². The van der Waals surface area contributed by atoms with Gasteiger partial charge in [-0.3, -0.25) is 10.3 Å². The van der Waals surface area contributed by atoms with Crippen LogP contribution in [-0.4, -0.2) is 33.0 Å².